The van der Waals surface area contributed by atoms with E-state index in [1.807, 2.05) is 77.9 Å². The van der Waals surface area contributed by atoms with Crippen LogP contribution in [0.15, 0.2) is 97.1 Å². The normalized spacial score (nSPS) is 17.6. The molecular formula is C32H30N3O6+. The highest BCUT2D eigenvalue weighted by molar-refractivity contribution is 6.46. The van der Waals surface area contributed by atoms with Crippen LogP contribution in [0.2, 0.25) is 0 Å². The Morgan fingerprint density at radius 3 is 2.63 bits per heavy atom. The van der Waals surface area contributed by atoms with Crippen molar-refractivity contribution in [2.75, 3.05) is 19.8 Å². The first kappa shape index (κ1) is 26.2. The fraction of sp³-hybridized carbons (Fsp3) is 0.219. The first-order valence-corrected chi connectivity index (χ1v) is 13.6. The highest BCUT2D eigenvalue weighted by Crippen LogP contribution is 2.41. The van der Waals surface area contributed by atoms with Crippen molar-refractivity contribution >= 4 is 17.4 Å². The van der Waals surface area contributed by atoms with Crippen LogP contribution < -0.4 is 18.8 Å². The summed E-state index contributed by atoms with van der Waals surface area (Å²) in [6.07, 6.45) is 6.17. The van der Waals surface area contributed by atoms with E-state index in [-0.39, 0.29) is 11.3 Å². The van der Waals surface area contributed by atoms with Crippen LogP contribution in [0, 0.1) is 0 Å². The molecule has 2 N–H and O–H groups in total. The Bertz CT molecular complexity index is 1580. The first-order valence-electron chi connectivity index (χ1n) is 13.6. The minimum absolute atomic E-state index is 0.0289. The van der Waals surface area contributed by atoms with Gasteiger partial charge >= 0.3 is 0 Å². The molecule has 9 heteroatoms. The summed E-state index contributed by atoms with van der Waals surface area (Å²) in [5, 5.41) is 11.5. The Morgan fingerprint density at radius 2 is 1.83 bits per heavy atom. The number of H-pyrrole nitrogens is 1. The molecule has 2 aliphatic rings. The van der Waals surface area contributed by atoms with Crippen LogP contribution in [0.5, 0.6) is 17.2 Å². The zero-order valence-electron chi connectivity index (χ0n) is 22.4. The Morgan fingerprint density at radius 1 is 1.00 bits per heavy atom. The molecule has 1 unspecified atom stereocenters. The van der Waals surface area contributed by atoms with Gasteiger partial charge in [-0.1, -0.05) is 42.5 Å². The van der Waals surface area contributed by atoms with Crippen molar-refractivity contribution in [3.05, 3.63) is 114 Å². The Labute approximate surface area is 237 Å². The van der Waals surface area contributed by atoms with Gasteiger partial charge in [-0.25, -0.2) is 4.57 Å². The van der Waals surface area contributed by atoms with Crippen LogP contribution in [0.4, 0.5) is 0 Å². The van der Waals surface area contributed by atoms with Crippen molar-refractivity contribution in [2.24, 2.45) is 0 Å². The molecule has 1 amide bonds. The molecule has 3 heterocycles. The van der Waals surface area contributed by atoms with E-state index in [2.05, 4.69) is 4.98 Å². The van der Waals surface area contributed by atoms with Gasteiger partial charge in [-0.3, -0.25) is 14.6 Å². The van der Waals surface area contributed by atoms with Crippen molar-refractivity contribution in [1.29, 1.82) is 0 Å². The summed E-state index contributed by atoms with van der Waals surface area (Å²) in [6, 6.07) is 21.3. The zero-order chi connectivity index (χ0) is 28.2. The molecule has 2 aliphatic heterocycles. The SMILES string of the molecule is O=C1C(=O)N(CCC[n+]2cc[nH]c2)C(c2cccc(OCc3ccccc3)c2)/C1=C(\O)c1ccc2c(c1)OCCO2. The van der Waals surface area contributed by atoms with Gasteiger partial charge in [0.15, 0.2) is 11.5 Å². The van der Waals surface area contributed by atoms with Crippen LogP contribution in [0.1, 0.15) is 29.2 Å². The monoisotopic (exact) mass is 552 g/mol. The van der Waals surface area contributed by atoms with Gasteiger partial charge in [-0.15, -0.1) is 0 Å². The summed E-state index contributed by atoms with van der Waals surface area (Å²) in [5.41, 5.74) is 2.09. The maximum Gasteiger partial charge on any atom is 0.295 e. The van der Waals surface area contributed by atoms with Crippen LogP contribution >= 0.6 is 0 Å². The molecular weight excluding hydrogens is 522 g/mol. The van der Waals surface area contributed by atoms with Crippen LogP contribution in [0.25, 0.3) is 5.76 Å². The van der Waals surface area contributed by atoms with E-state index in [9.17, 15) is 14.7 Å². The van der Waals surface area contributed by atoms with Crippen LogP contribution in [-0.4, -0.2) is 46.4 Å². The third kappa shape index (κ3) is 5.51. The van der Waals surface area contributed by atoms with Gasteiger partial charge in [0.05, 0.1) is 18.2 Å². The van der Waals surface area contributed by atoms with Crippen LogP contribution in [0.3, 0.4) is 0 Å². The maximum atomic E-state index is 13.5. The minimum Gasteiger partial charge on any atom is -0.507 e. The lowest BCUT2D eigenvalue weighted by Crippen LogP contribution is -2.36. The number of aliphatic hydroxyl groups is 1. The number of fused-ring (bicyclic) bond motifs is 1. The minimum atomic E-state index is -0.792. The number of nitrogens with zero attached hydrogens (tertiary/aromatic N) is 2. The predicted octanol–water partition coefficient (Wildman–Crippen LogP) is 4.16. The molecule has 208 valence electrons. The van der Waals surface area contributed by atoms with Crippen molar-refractivity contribution in [3.8, 4) is 17.2 Å². The molecule has 0 aliphatic carbocycles. The standard InChI is InChI=1S/C32H29N3O6/c36-30(24-10-11-26-27(19-24)40-17-16-39-26)28-29(35(32(38)31(28)37)14-5-13-34-15-12-33-21-34)23-8-4-9-25(18-23)41-20-22-6-2-1-3-7-22/h1-4,6-12,15,18-19,21,29H,5,13-14,16-17,20H2,(H,36,37)/p+1. The van der Waals surface area contributed by atoms with E-state index in [1.54, 1.807) is 18.2 Å². The lowest BCUT2D eigenvalue weighted by atomic mass is 9.95. The molecule has 41 heavy (non-hydrogen) atoms. The second-order valence-corrected chi connectivity index (χ2v) is 9.90. The van der Waals surface area contributed by atoms with Gasteiger partial charge in [0.1, 0.15) is 43.7 Å². The smallest absolute Gasteiger partial charge is 0.295 e. The third-order valence-electron chi connectivity index (χ3n) is 7.20. The highest BCUT2D eigenvalue weighted by atomic mass is 16.6. The third-order valence-corrected chi connectivity index (χ3v) is 7.20. The summed E-state index contributed by atoms with van der Waals surface area (Å²) in [4.78, 5) is 31.4. The number of ether oxygens (including phenoxy) is 3. The Kier molecular flexibility index (Phi) is 7.40. The average molecular weight is 553 g/mol. The molecule has 0 spiro atoms. The Hall–Kier alpha value is -5.05. The number of benzene rings is 3. The molecule has 1 atom stereocenters. The first-order chi connectivity index (χ1) is 20.1. The summed E-state index contributed by atoms with van der Waals surface area (Å²) in [5.74, 6) is -0.000101. The fourth-order valence-corrected chi connectivity index (χ4v) is 5.20. The number of hydrogen-bond acceptors (Lipinski definition) is 6. The number of likely N-dealkylation sites (tertiary alicyclic amines) is 1. The van der Waals surface area contributed by atoms with Crippen LogP contribution in [-0.2, 0) is 22.7 Å². The number of Topliss-reactive ketones (excluding diaryl/α,β-unsaturated/α-hetero) is 1. The Balaban J connectivity index is 1.35. The number of rotatable bonds is 9. The molecule has 0 radical (unpaired) electrons. The molecule has 4 aromatic rings. The number of carbonyl (C=O) groups excluding carboxylic acids is 2. The van der Waals surface area contributed by atoms with E-state index < -0.39 is 17.7 Å². The number of imidazole rings is 1. The van der Waals surface area contributed by atoms with E-state index >= 15 is 0 Å². The second kappa shape index (κ2) is 11.6. The summed E-state index contributed by atoms with van der Waals surface area (Å²) < 4.78 is 19.3. The molecule has 9 nitrogen and oxygen atoms in total. The van der Waals surface area contributed by atoms with E-state index in [0.717, 1.165) is 5.56 Å². The second-order valence-electron chi connectivity index (χ2n) is 9.90. The number of carbonyl (C=O) groups is 2. The molecule has 1 fully saturated rings. The fourth-order valence-electron chi connectivity index (χ4n) is 5.20. The van der Waals surface area contributed by atoms with Crippen molar-refractivity contribution in [1.82, 2.24) is 9.88 Å². The molecule has 0 saturated carbocycles. The van der Waals surface area contributed by atoms with E-state index in [1.165, 1.54) is 4.90 Å². The molecule has 6 rings (SSSR count). The molecule has 0 bridgehead atoms. The average Bonchev–Trinajstić information content (AvgIpc) is 3.62. The van der Waals surface area contributed by atoms with Gasteiger partial charge in [0.25, 0.3) is 11.7 Å². The number of hydrogen-bond donors (Lipinski definition) is 2. The lowest BCUT2D eigenvalue weighted by molar-refractivity contribution is -0.695. The summed E-state index contributed by atoms with van der Waals surface area (Å²) >= 11 is 0. The number of aryl methyl sites for hydroxylation is 1. The van der Waals surface area contributed by atoms with Crippen molar-refractivity contribution in [3.63, 3.8) is 0 Å². The lowest BCUT2D eigenvalue weighted by Gasteiger charge is -2.25. The quantitative estimate of drug-likeness (QED) is 0.140. The number of nitrogens with one attached hydrogen (secondary N) is 1. The largest absolute Gasteiger partial charge is 0.507 e. The number of aromatic nitrogens is 2. The molecule has 1 aromatic heterocycles. The number of amides is 1. The van der Waals surface area contributed by atoms with Gasteiger partial charge in [0, 0.05) is 18.5 Å². The molecule has 3 aromatic carbocycles. The topological polar surface area (TPSA) is 105 Å². The maximum absolute atomic E-state index is 13.5. The molecule has 1 saturated heterocycles. The van der Waals surface area contributed by atoms with Gasteiger partial charge in [0.2, 0.25) is 6.33 Å². The van der Waals surface area contributed by atoms with Gasteiger partial charge < -0.3 is 24.2 Å². The number of ketones is 1. The zero-order valence-corrected chi connectivity index (χ0v) is 22.4. The van der Waals surface area contributed by atoms with E-state index in [0.29, 0.717) is 67.7 Å². The number of aliphatic hydroxyl groups excluding tert-OH is 1. The van der Waals surface area contributed by atoms with E-state index in [4.69, 9.17) is 14.2 Å². The number of aromatic amines is 1. The van der Waals surface area contributed by atoms with Crippen molar-refractivity contribution < 1.29 is 33.5 Å². The highest BCUT2D eigenvalue weighted by Gasteiger charge is 2.46. The van der Waals surface area contributed by atoms with Crippen molar-refractivity contribution in [2.45, 2.75) is 25.6 Å². The summed E-state index contributed by atoms with van der Waals surface area (Å²) in [7, 11) is 0. The van der Waals surface area contributed by atoms with Gasteiger partial charge in [-0.2, -0.15) is 0 Å². The summed E-state index contributed by atoms with van der Waals surface area (Å²) in [6.45, 7) is 2.17. The van der Waals surface area contributed by atoms with Gasteiger partial charge in [-0.05, 0) is 41.5 Å². The predicted molar refractivity (Wildman–Crippen MR) is 149 cm³/mol.